The highest BCUT2D eigenvalue weighted by Crippen LogP contribution is 2.34. The number of aromatic nitrogens is 2. The summed E-state index contributed by atoms with van der Waals surface area (Å²) in [7, 11) is 1.43. The van der Waals surface area contributed by atoms with E-state index in [2.05, 4.69) is 5.10 Å². The molecule has 2 aromatic rings. The molecule has 0 saturated carbocycles. The first kappa shape index (κ1) is 18.6. The second-order valence-electron chi connectivity index (χ2n) is 4.46. The number of methoxy groups -OCH3 is 1. The number of hydrogen-bond donors (Lipinski definition) is 0. The Morgan fingerprint density at radius 1 is 1.26 bits per heavy atom. The van der Waals surface area contributed by atoms with E-state index in [9.17, 15) is 13.6 Å². The van der Waals surface area contributed by atoms with E-state index in [-0.39, 0.29) is 17.0 Å². The molecule has 2 rings (SSSR count). The van der Waals surface area contributed by atoms with Crippen molar-refractivity contribution in [2.75, 3.05) is 7.11 Å². The van der Waals surface area contributed by atoms with E-state index in [0.29, 0.717) is 5.75 Å². The minimum Gasteiger partial charge on any atom is -0.494 e. The van der Waals surface area contributed by atoms with E-state index in [1.165, 1.54) is 31.0 Å². The number of ether oxygens (including phenoxy) is 2. The van der Waals surface area contributed by atoms with Gasteiger partial charge in [0.05, 0.1) is 18.9 Å². The van der Waals surface area contributed by atoms with Gasteiger partial charge in [0.25, 0.3) is 5.92 Å². The van der Waals surface area contributed by atoms with Crippen LogP contribution in [0.5, 0.6) is 11.5 Å². The maximum Gasteiger partial charge on any atom is 0.308 e. The predicted octanol–water partition coefficient (Wildman–Crippen LogP) is 3.94. The number of para-hydroxylation sites is 1. The Labute approximate surface area is 133 Å². The summed E-state index contributed by atoms with van der Waals surface area (Å²) in [6, 6.07) is 4.78. The van der Waals surface area contributed by atoms with Gasteiger partial charge in [-0.25, -0.2) is 13.5 Å². The molecule has 1 aromatic carbocycles. The molecule has 0 N–H and O–H groups in total. The van der Waals surface area contributed by atoms with Gasteiger partial charge in [0.15, 0.2) is 5.75 Å². The number of rotatable bonds is 4. The first-order valence-corrected chi connectivity index (χ1v) is 7.11. The summed E-state index contributed by atoms with van der Waals surface area (Å²) in [5.41, 5.74) is 0.0351. The molecule has 5 nitrogen and oxygen atoms in total. The van der Waals surface area contributed by atoms with Crippen molar-refractivity contribution in [3.05, 3.63) is 36.2 Å². The van der Waals surface area contributed by atoms with Crippen molar-refractivity contribution < 1.29 is 23.0 Å². The van der Waals surface area contributed by atoms with Crippen LogP contribution in [0.3, 0.4) is 0 Å². The van der Waals surface area contributed by atoms with E-state index in [1.807, 2.05) is 13.8 Å². The van der Waals surface area contributed by atoms with E-state index in [0.717, 1.165) is 13.1 Å². The quantitative estimate of drug-likeness (QED) is 0.631. The van der Waals surface area contributed by atoms with Crippen molar-refractivity contribution in [3.8, 4) is 17.2 Å². The molecule has 0 saturated heterocycles. The minimum atomic E-state index is -3.01. The summed E-state index contributed by atoms with van der Waals surface area (Å²) in [5.74, 6) is -3.02. The van der Waals surface area contributed by atoms with Crippen LogP contribution in [0.15, 0.2) is 30.6 Å². The number of benzene rings is 1. The lowest BCUT2D eigenvalue weighted by Gasteiger charge is -2.13. The van der Waals surface area contributed by atoms with Gasteiger partial charge >= 0.3 is 5.97 Å². The van der Waals surface area contributed by atoms with Crippen molar-refractivity contribution in [1.29, 1.82) is 0 Å². The molecule has 0 unspecified atom stereocenters. The molecule has 0 amide bonds. The summed E-state index contributed by atoms with van der Waals surface area (Å²) in [6.07, 6.45) is 2.23. The van der Waals surface area contributed by atoms with Crippen molar-refractivity contribution in [2.45, 2.75) is 33.6 Å². The summed E-state index contributed by atoms with van der Waals surface area (Å²) >= 11 is 0. The monoisotopic (exact) mass is 326 g/mol. The standard InChI is InChI=1S/C14H14F2N2O3.C2H6/c1-9(19)21-12-6-4-5-11(20-3)13(12)18-8-10(7-17-18)14(2,15)16;1-2/h4-8H,1-3H3;1-2H3. The first-order valence-electron chi connectivity index (χ1n) is 7.11. The van der Waals surface area contributed by atoms with Crippen LogP contribution in [-0.2, 0) is 10.7 Å². The Morgan fingerprint density at radius 3 is 2.35 bits per heavy atom. The zero-order valence-corrected chi connectivity index (χ0v) is 13.8. The van der Waals surface area contributed by atoms with Crippen LogP contribution in [0, 0.1) is 0 Å². The third kappa shape index (κ3) is 4.51. The molecular formula is C16H20F2N2O3. The summed E-state index contributed by atoms with van der Waals surface area (Å²) in [6.45, 7) is 6.03. The fourth-order valence-corrected chi connectivity index (χ4v) is 1.80. The molecule has 1 aromatic heterocycles. The number of halogens is 2. The molecular weight excluding hydrogens is 306 g/mol. The molecule has 0 aliphatic heterocycles. The molecule has 0 atom stereocenters. The summed E-state index contributed by atoms with van der Waals surface area (Å²) < 4.78 is 38.1. The lowest BCUT2D eigenvalue weighted by molar-refractivity contribution is -0.131. The molecule has 7 heteroatoms. The predicted molar refractivity (Wildman–Crippen MR) is 82.3 cm³/mol. The molecule has 0 aliphatic carbocycles. The summed E-state index contributed by atoms with van der Waals surface area (Å²) in [5, 5.41) is 3.89. The highest BCUT2D eigenvalue weighted by molar-refractivity contribution is 5.72. The fraction of sp³-hybridized carbons (Fsp3) is 0.375. The Balaban J connectivity index is 0.00000127. The van der Waals surface area contributed by atoms with Crippen molar-refractivity contribution >= 4 is 5.97 Å². The molecule has 0 fully saturated rings. The van der Waals surface area contributed by atoms with Crippen LogP contribution in [0.25, 0.3) is 5.69 Å². The van der Waals surface area contributed by atoms with Gasteiger partial charge in [-0.15, -0.1) is 0 Å². The molecule has 1 heterocycles. The SMILES string of the molecule is CC.COc1cccc(OC(C)=O)c1-n1cc(C(C)(F)F)cn1. The molecule has 0 bridgehead atoms. The van der Waals surface area contributed by atoms with Gasteiger partial charge < -0.3 is 9.47 Å². The van der Waals surface area contributed by atoms with Crippen LogP contribution in [-0.4, -0.2) is 22.9 Å². The second kappa shape index (κ2) is 7.71. The van der Waals surface area contributed by atoms with Crippen molar-refractivity contribution in [1.82, 2.24) is 9.78 Å². The lowest BCUT2D eigenvalue weighted by Crippen LogP contribution is -2.08. The van der Waals surface area contributed by atoms with Gasteiger partial charge in [0.2, 0.25) is 0 Å². The van der Waals surface area contributed by atoms with Crippen LogP contribution < -0.4 is 9.47 Å². The number of hydrogen-bond acceptors (Lipinski definition) is 4. The van der Waals surface area contributed by atoms with Crippen molar-refractivity contribution in [2.24, 2.45) is 0 Å². The largest absolute Gasteiger partial charge is 0.494 e. The number of alkyl halides is 2. The van der Waals surface area contributed by atoms with Gasteiger partial charge in [-0.3, -0.25) is 4.79 Å². The number of nitrogens with zero attached hydrogens (tertiary/aromatic N) is 2. The van der Waals surface area contributed by atoms with Gasteiger partial charge in [-0.2, -0.15) is 5.10 Å². The van der Waals surface area contributed by atoms with Gasteiger partial charge in [-0.05, 0) is 12.1 Å². The fourth-order valence-electron chi connectivity index (χ4n) is 1.80. The summed E-state index contributed by atoms with van der Waals surface area (Å²) in [4.78, 5) is 11.1. The highest BCUT2D eigenvalue weighted by Gasteiger charge is 2.27. The Bertz CT molecular complexity index is 664. The number of carbonyl (C=O) groups excluding carboxylic acids is 1. The lowest BCUT2D eigenvalue weighted by atomic mass is 10.2. The van der Waals surface area contributed by atoms with E-state index in [1.54, 1.807) is 12.1 Å². The zero-order valence-electron chi connectivity index (χ0n) is 13.8. The molecule has 23 heavy (non-hydrogen) atoms. The molecule has 0 aliphatic rings. The Kier molecular flexibility index (Phi) is 6.24. The number of esters is 1. The third-order valence-electron chi connectivity index (χ3n) is 2.75. The van der Waals surface area contributed by atoms with Crippen LogP contribution in [0.4, 0.5) is 8.78 Å². The second-order valence-corrected chi connectivity index (χ2v) is 4.46. The number of carbonyl (C=O) groups is 1. The van der Waals surface area contributed by atoms with Crippen LogP contribution in [0.2, 0.25) is 0 Å². The average molecular weight is 326 g/mol. The normalized spacial score (nSPS) is 10.6. The minimum absolute atomic E-state index is 0.177. The molecule has 126 valence electrons. The molecule has 0 spiro atoms. The van der Waals surface area contributed by atoms with Gasteiger partial charge in [0.1, 0.15) is 11.4 Å². The average Bonchev–Trinajstić information content (AvgIpc) is 2.98. The maximum absolute atomic E-state index is 13.3. The van der Waals surface area contributed by atoms with Crippen molar-refractivity contribution in [3.63, 3.8) is 0 Å². The van der Waals surface area contributed by atoms with Gasteiger partial charge in [-0.1, -0.05) is 19.9 Å². The maximum atomic E-state index is 13.3. The van der Waals surface area contributed by atoms with Crippen LogP contribution in [0.1, 0.15) is 33.3 Å². The molecule has 0 radical (unpaired) electrons. The smallest absolute Gasteiger partial charge is 0.308 e. The van der Waals surface area contributed by atoms with E-state index in [4.69, 9.17) is 9.47 Å². The Hall–Kier alpha value is -2.44. The first-order chi connectivity index (χ1) is 10.8. The van der Waals surface area contributed by atoms with E-state index >= 15 is 0 Å². The Morgan fingerprint density at radius 2 is 1.87 bits per heavy atom. The van der Waals surface area contributed by atoms with Crippen LogP contribution >= 0.6 is 0 Å². The van der Waals surface area contributed by atoms with E-state index < -0.39 is 11.9 Å². The topological polar surface area (TPSA) is 53.4 Å². The van der Waals surface area contributed by atoms with Gasteiger partial charge in [0, 0.05) is 20.0 Å². The highest BCUT2D eigenvalue weighted by atomic mass is 19.3. The third-order valence-corrected chi connectivity index (χ3v) is 2.75. The zero-order chi connectivity index (χ0) is 17.6.